The van der Waals surface area contributed by atoms with Crippen molar-refractivity contribution in [2.75, 3.05) is 45.7 Å². The molecule has 1 unspecified atom stereocenters. The normalized spacial score (nSPS) is 17.7. The van der Waals surface area contributed by atoms with Gasteiger partial charge in [-0.3, -0.25) is 19.4 Å². The molecule has 1 aromatic rings. The van der Waals surface area contributed by atoms with Gasteiger partial charge in [0, 0.05) is 12.6 Å². The predicted molar refractivity (Wildman–Crippen MR) is 108 cm³/mol. The number of likely N-dealkylation sites (tertiary alicyclic amines) is 1. The van der Waals surface area contributed by atoms with Crippen molar-refractivity contribution in [1.29, 1.82) is 0 Å². The fraction of sp³-hybridized carbons (Fsp3) is 0.579. The number of carboxylic acids is 1. The summed E-state index contributed by atoms with van der Waals surface area (Å²) in [6, 6.07) is 5.93. The van der Waals surface area contributed by atoms with E-state index >= 15 is 0 Å². The lowest BCUT2D eigenvalue weighted by Crippen LogP contribution is -2.37. The smallest absolute Gasteiger partial charge is 0.317 e. The van der Waals surface area contributed by atoms with Crippen molar-refractivity contribution in [3.05, 3.63) is 23.8 Å². The van der Waals surface area contributed by atoms with E-state index in [0.29, 0.717) is 18.0 Å². The van der Waals surface area contributed by atoms with Gasteiger partial charge in [0.15, 0.2) is 0 Å². The zero-order chi connectivity index (χ0) is 19.1. The van der Waals surface area contributed by atoms with E-state index in [9.17, 15) is 9.59 Å². The van der Waals surface area contributed by atoms with Gasteiger partial charge < -0.3 is 15.2 Å². The number of methoxy groups -OCH3 is 1. The van der Waals surface area contributed by atoms with Crippen molar-refractivity contribution >= 4 is 30.0 Å². The molecule has 2 N–H and O–H groups in total. The number of nitrogens with zero attached hydrogens (tertiary/aromatic N) is 2. The van der Waals surface area contributed by atoms with Gasteiger partial charge in [-0.15, -0.1) is 12.4 Å². The second-order valence-electron chi connectivity index (χ2n) is 6.92. The second-order valence-corrected chi connectivity index (χ2v) is 6.92. The second kappa shape index (κ2) is 11.1. The Morgan fingerprint density at radius 3 is 2.74 bits per heavy atom. The van der Waals surface area contributed by atoms with Crippen LogP contribution in [0.4, 0.5) is 5.69 Å². The molecule has 1 aliphatic rings. The number of carbonyl (C=O) groups is 2. The minimum atomic E-state index is -0.805. The standard InChI is InChI=1S/C19H29N3O4.ClH/c1-14-6-7-17(26-3)16(11-14)20-18(23)12-22-9-4-5-15(8-10-22)21(2)13-19(24)25;/h6-7,11,15H,4-5,8-10,12-13H2,1-3H3,(H,20,23)(H,24,25);1H. The highest BCUT2D eigenvalue weighted by Crippen LogP contribution is 2.25. The number of rotatable bonds is 7. The fourth-order valence-electron chi connectivity index (χ4n) is 3.39. The highest BCUT2D eigenvalue weighted by atomic mass is 35.5. The maximum Gasteiger partial charge on any atom is 0.317 e. The number of aryl methyl sites for hydroxylation is 1. The quantitative estimate of drug-likeness (QED) is 0.731. The molecule has 0 aromatic heterocycles. The summed E-state index contributed by atoms with van der Waals surface area (Å²) in [5.74, 6) is -0.221. The van der Waals surface area contributed by atoms with Crippen molar-refractivity contribution in [2.45, 2.75) is 32.2 Å². The summed E-state index contributed by atoms with van der Waals surface area (Å²) in [6.45, 7) is 3.98. The number of ether oxygens (including phenoxy) is 1. The van der Waals surface area contributed by atoms with E-state index in [1.54, 1.807) is 7.11 Å². The van der Waals surface area contributed by atoms with Crippen LogP contribution in [0.3, 0.4) is 0 Å². The molecule has 7 nitrogen and oxygen atoms in total. The van der Waals surface area contributed by atoms with Crippen LogP contribution in [0.2, 0.25) is 0 Å². The van der Waals surface area contributed by atoms with Gasteiger partial charge in [0.05, 0.1) is 25.9 Å². The number of likely N-dealkylation sites (N-methyl/N-ethyl adjacent to an activating group) is 1. The molecule has 2 rings (SSSR count). The molecule has 0 radical (unpaired) electrons. The van der Waals surface area contributed by atoms with Gasteiger partial charge in [0.1, 0.15) is 5.75 Å². The summed E-state index contributed by atoms with van der Waals surface area (Å²) < 4.78 is 5.30. The Kier molecular flexibility index (Phi) is 9.55. The molecule has 1 heterocycles. The molecule has 0 spiro atoms. The fourth-order valence-corrected chi connectivity index (χ4v) is 3.39. The lowest BCUT2D eigenvalue weighted by atomic mass is 10.1. The van der Waals surface area contributed by atoms with E-state index in [-0.39, 0.29) is 30.9 Å². The first kappa shape index (κ1) is 23.2. The number of hydrogen-bond acceptors (Lipinski definition) is 5. The zero-order valence-electron chi connectivity index (χ0n) is 16.2. The van der Waals surface area contributed by atoms with Crippen LogP contribution >= 0.6 is 12.4 Å². The van der Waals surface area contributed by atoms with Crippen LogP contribution in [0.1, 0.15) is 24.8 Å². The average molecular weight is 400 g/mol. The Balaban J connectivity index is 0.00000364. The molecular weight excluding hydrogens is 370 g/mol. The van der Waals surface area contributed by atoms with Crippen LogP contribution in [0.15, 0.2) is 18.2 Å². The first-order valence-electron chi connectivity index (χ1n) is 8.98. The first-order valence-corrected chi connectivity index (χ1v) is 8.98. The average Bonchev–Trinajstić information content (AvgIpc) is 2.80. The number of hydrogen-bond donors (Lipinski definition) is 2. The number of anilines is 1. The van der Waals surface area contributed by atoms with Crippen molar-refractivity contribution in [1.82, 2.24) is 9.80 Å². The molecule has 1 saturated heterocycles. The van der Waals surface area contributed by atoms with Crippen molar-refractivity contribution < 1.29 is 19.4 Å². The molecule has 1 amide bonds. The maximum absolute atomic E-state index is 12.4. The molecule has 1 atom stereocenters. The zero-order valence-corrected chi connectivity index (χ0v) is 17.1. The number of carbonyl (C=O) groups excluding carboxylic acids is 1. The Bertz CT molecular complexity index is 641. The largest absolute Gasteiger partial charge is 0.495 e. The van der Waals surface area contributed by atoms with Gasteiger partial charge in [-0.25, -0.2) is 0 Å². The SMILES string of the molecule is COc1ccc(C)cc1NC(=O)CN1CCCC(N(C)CC(=O)O)CC1.Cl. The Morgan fingerprint density at radius 1 is 1.33 bits per heavy atom. The molecule has 0 saturated carbocycles. The summed E-state index contributed by atoms with van der Waals surface area (Å²) in [5.41, 5.74) is 1.74. The van der Waals surface area contributed by atoms with E-state index < -0.39 is 5.97 Å². The number of nitrogens with one attached hydrogen (secondary N) is 1. The minimum Gasteiger partial charge on any atom is -0.495 e. The van der Waals surface area contributed by atoms with Gasteiger partial charge in [0.25, 0.3) is 0 Å². The van der Waals surface area contributed by atoms with Crippen LogP contribution in [-0.2, 0) is 9.59 Å². The molecule has 8 heteroatoms. The summed E-state index contributed by atoms with van der Waals surface area (Å²) >= 11 is 0. The number of benzene rings is 1. The first-order chi connectivity index (χ1) is 12.4. The highest BCUT2D eigenvalue weighted by molar-refractivity contribution is 5.93. The number of aliphatic carboxylic acids is 1. The van der Waals surface area contributed by atoms with Crippen LogP contribution in [0, 0.1) is 6.92 Å². The van der Waals surface area contributed by atoms with Gasteiger partial charge in [0.2, 0.25) is 5.91 Å². The lowest BCUT2D eigenvalue weighted by Gasteiger charge is -2.25. The molecule has 152 valence electrons. The number of carboxylic acid groups (broad SMARTS) is 1. The van der Waals surface area contributed by atoms with E-state index in [4.69, 9.17) is 9.84 Å². The van der Waals surface area contributed by atoms with E-state index in [0.717, 1.165) is 37.9 Å². The van der Waals surface area contributed by atoms with Crippen LogP contribution in [-0.4, -0.2) is 73.2 Å². The molecule has 1 fully saturated rings. The van der Waals surface area contributed by atoms with Crippen molar-refractivity contribution in [2.24, 2.45) is 0 Å². The highest BCUT2D eigenvalue weighted by Gasteiger charge is 2.23. The molecule has 0 bridgehead atoms. The van der Waals surface area contributed by atoms with Crippen LogP contribution in [0.25, 0.3) is 0 Å². The van der Waals surface area contributed by atoms with Gasteiger partial charge in [-0.1, -0.05) is 6.07 Å². The minimum absolute atomic E-state index is 0. The Hall–Kier alpha value is -1.83. The summed E-state index contributed by atoms with van der Waals surface area (Å²) in [6.07, 6.45) is 2.77. The predicted octanol–water partition coefficient (Wildman–Crippen LogP) is 2.23. The van der Waals surface area contributed by atoms with Gasteiger partial charge >= 0.3 is 5.97 Å². The summed E-state index contributed by atoms with van der Waals surface area (Å²) in [5, 5.41) is 11.9. The van der Waals surface area contributed by atoms with Crippen LogP contribution < -0.4 is 10.1 Å². The van der Waals surface area contributed by atoms with Gasteiger partial charge in [-0.05, 0) is 57.5 Å². The molecular formula is C19H30ClN3O4. The van der Waals surface area contributed by atoms with Crippen LogP contribution in [0.5, 0.6) is 5.75 Å². The molecule has 27 heavy (non-hydrogen) atoms. The third-order valence-corrected chi connectivity index (χ3v) is 4.79. The Labute approximate surface area is 167 Å². The third kappa shape index (κ3) is 7.36. The van der Waals surface area contributed by atoms with Gasteiger partial charge in [-0.2, -0.15) is 0 Å². The Morgan fingerprint density at radius 2 is 2.07 bits per heavy atom. The number of amides is 1. The van der Waals surface area contributed by atoms with Crippen molar-refractivity contribution in [3.63, 3.8) is 0 Å². The third-order valence-electron chi connectivity index (χ3n) is 4.79. The van der Waals surface area contributed by atoms with E-state index in [2.05, 4.69) is 10.2 Å². The lowest BCUT2D eigenvalue weighted by molar-refractivity contribution is -0.138. The monoisotopic (exact) mass is 399 g/mol. The van der Waals surface area contributed by atoms with Crippen molar-refractivity contribution in [3.8, 4) is 5.75 Å². The van der Waals surface area contributed by atoms with E-state index in [1.807, 2.05) is 37.1 Å². The maximum atomic E-state index is 12.4. The molecule has 1 aliphatic heterocycles. The number of halogens is 1. The summed E-state index contributed by atoms with van der Waals surface area (Å²) in [4.78, 5) is 27.3. The summed E-state index contributed by atoms with van der Waals surface area (Å²) in [7, 11) is 3.44. The molecule has 1 aromatic carbocycles. The topological polar surface area (TPSA) is 82.1 Å². The molecule has 0 aliphatic carbocycles. The van der Waals surface area contributed by atoms with E-state index in [1.165, 1.54) is 0 Å².